The van der Waals surface area contributed by atoms with E-state index in [1.54, 1.807) is 0 Å². The molecule has 3 nitrogen and oxygen atoms in total. The average Bonchev–Trinajstić information content (AvgIpc) is 2.44. The number of hydrogen-bond acceptors (Lipinski definition) is 3. The maximum Gasteiger partial charge on any atom is 0.418 e. The second-order valence-electron chi connectivity index (χ2n) is 6.23. The average molecular weight is 300 g/mol. The van der Waals surface area contributed by atoms with Crippen LogP contribution in [-0.4, -0.2) is 24.2 Å². The molecule has 1 aromatic heterocycles. The van der Waals surface area contributed by atoms with Crippen LogP contribution in [0.5, 0.6) is 5.75 Å². The van der Waals surface area contributed by atoms with E-state index in [-0.39, 0.29) is 11.8 Å². The minimum absolute atomic E-state index is 0.225. The number of nitrogens with zero attached hydrogens (tertiary/aromatic N) is 2. The Labute approximate surface area is 122 Å². The van der Waals surface area contributed by atoms with Crippen LogP contribution in [0.3, 0.4) is 0 Å². The van der Waals surface area contributed by atoms with Crippen LogP contribution in [0.4, 0.5) is 19.0 Å². The summed E-state index contributed by atoms with van der Waals surface area (Å²) >= 11 is 0. The van der Waals surface area contributed by atoms with Crippen LogP contribution in [0.25, 0.3) is 0 Å². The lowest BCUT2D eigenvalue weighted by molar-refractivity contribution is -0.138. The van der Waals surface area contributed by atoms with Gasteiger partial charge in [-0.05, 0) is 30.7 Å². The normalized spacial score (nSPS) is 25.3. The van der Waals surface area contributed by atoms with Crippen molar-refractivity contribution in [3.05, 3.63) is 17.8 Å². The number of anilines is 1. The summed E-state index contributed by atoms with van der Waals surface area (Å²) in [5, 5.41) is 0. The predicted molar refractivity (Wildman–Crippen MR) is 73.4 cm³/mol. The fourth-order valence-corrected chi connectivity index (χ4v) is 3.22. The lowest BCUT2D eigenvalue weighted by atomic mass is 9.82. The molecule has 0 aromatic carbocycles. The molecule has 0 radical (unpaired) electrons. The Bertz CT molecular complexity index is 530. The van der Waals surface area contributed by atoms with Gasteiger partial charge < -0.3 is 9.64 Å². The van der Waals surface area contributed by atoms with Crippen LogP contribution in [0, 0.1) is 11.8 Å². The maximum atomic E-state index is 12.7. The molecule has 2 atom stereocenters. The Morgan fingerprint density at radius 3 is 2.81 bits per heavy atom. The number of alkyl halides is 3. The molecule has 0 saturated carbocycles. The van der Waals surface area contributed by atoms with Gasteiger partial charge in [-0.2, -0.15) is 13.2 Å². The summed E-state index contributed by atoms with van der Waals surface area (Å²) in [5.41, 5.74) is -0.753. The summed E-state index contributed by atoms with van der Waals surface area (Å²) in [6, 6.07) is 1.29. The van der Waals surface area contributed by atoms with E-state index in [0.29, 0.717) is 24.3 Å². The van der Waals surface area contributed by atoms with E-state index in [1.165, 1.54) is 0 Å². The Balaban J connectivity index is 1.85. The summed E-state index contributed by atoms with van der Waals surface area (Å²) in [6.07, 6.45) is -1.41. The Morgan fingerprint density at radius 1 is 1.38 bits per heavy atom. The van der Waals surface area contributed by atoms with Crippen LogP contribution < -0.4 is 9.64 Å². The second kappa shape index (κ2) is 5.07. The summed E-state index contributed by atoms with van der Waals surface area (Å²) in [4.78, 5) is 6.13. The van der Waals surface area contributed by atoms with Gasteiger partial charge in [-0.1, -0.05) is 13.8 Å². The van der Waals surface area contributed by atoms with Crippen LogP contribution >= 0.6 is 0 Å². The number of halogens is 3. The monoisotopic (exact) mass is 300 g/mol. The number of fused-ring (bicyclic) bond motifs is 3. The molecule has 0 N–H and O–H groups in total. The maximum absolute atomic E-state index is 12.7. The molecule has 0 aliphatic carbocycles. The zero-order valence-corrected chi connectivity index (χ0v) is 12.2. The fourth-order valence-electron chi connectivity index (χ4n) is 3.22. The van der Waals surface area contributed by atoms with Crippen molar-refractivity contribution in [2.45, 2.75) is 38.9 Å². The third-order valence-corrected chi connectivity index (χ3v) is 4.56. The highest BCUT2D eigenvalue weighted by atomic mass is 19.4. The molecule has 0 bridgehead atoms. The third-order valence-electron chi connectivity index (χ3n) is 4.56. The number of piperidine rings is 1. The summed E-state index contributed by atoms with van der Waals surface area (Å²) in [5.74, 6) is 2.07. The van der Waals surface area contributed by atoms with Crippen LogP contribution in [0.2, 0.25) is 0 Å². The molecular formula is C15H19F3N2O. The van der Waals surface area contributed by atoms with Gasteiger partial charge in [0.05, 0.1) is 11.6 Å². The van der Waals surface area contributed by atoms with Crippen molar-refractivity contribution < 1.29 is 17.9 Å². The van der Waals surface area contributed by atoms with Gasteiger partial charge >= 0.3 is 6.18 Å². The summed E-state index contributed by atoms with van der Waals surface area (Å²) in [6.45, 7) is 5.71. The van der Waals surface area contributed by atoms with Crippen LogP contribution in [-0.2, 0) is 6.18 Å². The summed E-state index contributed by atoms with van der Waals surface area (Å²) < 4.78 is 43.7. The van der Waals surface area contributed by atoms with Crippen LogP contribution in [0.15, 0.2) is 12.3 Å². The number of rotatable bonds is 1. The van der Waals surface area contributed by atoms with Gasteiger partial charge in [-0.3, -0.25) is 0 Å². The second-order valence-corrected chi connectivity index (χ2v) is 6.23. The highest BCUT2D eigenvalue weighted by molar-refractivity contribution is 5.56. The first kappa shape index (κ1) is 14.5. The number of hydrogen-bond donors (Lipinski definition) is 0. The van der Waals surface area contributed by atoms with E-state index in [2.05, 4.69) is 23.7 Å². The molecule has 6 heteroatoms. The van der Waals surface area contributed by atoms with Crippen molar-refractivity contribution in [1.82, 2.24) is 4.98 Å². The van der Waals surface area contributed by atoms with Gasteiger partial charge in [0.25, 0.3) is 0 Å². The highest BCUT2D eigenvalue weighted by Gasteiger charge is 2.38. The Hall–Kier alpha value is -1.46. The molecule has 2 aliphatic heterocycles. The zero-order valence-electron chi connectivity index (χ0n) is 12.2. The molecule has 3 heterocycles. The Kier molecular flexibility index (Phi) is 3.50. The summed E-state index contributed by atoms with van der Waals surface area (Å²) in [7, 11) is 0. The van der Waals surface area contributed by atoms with Crippen molar-refractivity contribution in [3.8, 4) is 5.75 Å². The van der Waals surface area contributed by atoms with Gasteiger partial charge in [-0.25, -0.2) is 4.98 Å². The largest absolute Gasteiger partial charge is 0.488 e. The number of aromatic nitrogens is 1. The van der Waals surface area contributed by atoms with Crippen molar-refractivity contribution in [1.29, 1.82) is 0 Å². The first-order valence-electron chi connectivity index (χ1n) is 7.33. The van der Waals surface area contributed by atoms with E-state index in [1.807, 2.05) is 0 Å². The molecule has 21 heavy (non-hydrogen) atoms. The molecule has 3 rings (SSSR count). The zero-order chi connectivity index (χ0) is 15.2. The van der Waals surface area contributed by atoms with Crippen molar-refractivity contribution in [3.63, 3.8) is 0 Å². The van der Waals surface area contributed by atoms with E-state index in [4.69, 9.17) is 4.74 Å². The molecule has 1 saturated heterocycles. The van der Waals surface area contributed by atoms with Crippen molar-refractivity contribution in [2.75, 3.05) is 18.1 Å². The van der Waals surface area contributed by atoms with Gasteiger partial charge in [0.2, 0.25) is 0 Å². The lowest BCUT2D eigenvalue weighted by Gasteiger charge is -2.44. The fraction of sp³-hybridized carbons (Fsp3) is 0.667. The van der Waals surface area contributed by atoms with Crippen LogP contribution in [0.1, 0.15) is 32.3 Å². The standard InChI is InChI=1S/C15H19F3N2O/c1-9(2)10-3-4-20-12(5-10)8-21-13-6-11(15(16,17)18)7-19-14(13)20/h6-7,9-10,12H,3-5,8H2,1-2H3. The molecule has 0 amide bonds. The number of ether oxygens (including phenoxy) is 1. The smallest absolute Gasteiger partial charge is 0.418 e. The molecule has 116 valence electrons. The first-order chi connectivity index (χ1) is 9.86. The third kappa shape index (κ3) is 2.68. The minimum Gasteiger partial charge on any atom is -0.488 e. The lowest BCUT2D eigenvalue weighted by Crippen LogP contribution is -2.49. The van der Waals surface area contributed by atoms with E-state index >= 15 is 0 Å². The predicted octanol–water partition coefficient (Wildman–Crippen LogP) is 3.73. The van der Waals surface area contributed by atoms with Gasteiger partial charge in [0, 0.05) is 12.7 Å². The molecule has 2 unspecified atom stereocenters. The highest BCUT2D eigenvalue weighted by Crippen LogP contribution is 2.41. The SMILES string of the molecule is CC(C)C1CCN2c3ncc(C(F)(F)F)cc3OCC2C1. The molecule has 2 aliphatic rings. The van der Waals surface area contributed by atoms with Gasteiger partial charge in [0.15, 0.2) is 11.6 Å². The van der Waals surface area contributed by atoms with Gasteiger partial charge in [0.1, 0.15) is 6.61 Å². The molecule has 1 aromatic rings. The first-order valence-corrected chi connectivity index (χ1v) is 7.33. The molecule has 0 spiro atoms. The van der Waals surface area contributed by atoms with E-state index in [0.717, 1.165) is 31.6 Å². The Morgan fingerprint density at radius 2 is 2.14 bits per heavy atom. The van der Waals surface area contributed by atoms with E-state index < -0.39 is 11.7 Å². The molecule has 1 fully saturated rings. The van der Waals surface area contributed by atoms with Gasteiger partial charge in [-0.15, -0.1) is 0 Å². The quantitative estimate of drug-likeness (QED) is 0.790. The van der Waals surface area contributed by atoms with Crippen molar-refractivity contribution >= 4 is 5.82 Å². The van der Waals surface area contributed by atoms with Crippen molar-refractivity contribution in [2.24, 2.45) is 11.8 Å². The van der Waals surface area contributed by atoms with E-state index in [9.17, 15) is 13.2 Å². The number of pyridine rings is 1. The topological polar surface area (TPSA) is 25.4 Å². The molecular weight excluding hydrogens is 281 g/mol. The minimum atomic E-state index is -4.38.